The highest BCUT2D eigenvalue weighted by Crippen LogP contribution is 2.42. The van der Waals surface area contributed by atoms with Crippen molar-refractivity contribution in [3.63, 3.8) is 0 Å². The molecule has 0 fully saturated rings. The van der Waals surface area contributed by atoms with Crippen LogP contribution < -0.4 is 0 Å². The minimum absolute atomic E-state index is 0.00931. The van der Waals surface area contributed by atoms with Crippen molar-refractivity contribution in [1.29, 1.82) is 0 Å². The molecule has 1 aliphatic carbocycles. The van der Waals surface area contributed by atoms with Crippen molar-refractivity contribution in [3.05, 3.63) is 11.3 Å². The molecule has 5 nitrogen and oxygen atoms in total. The van der Waals surface area contributed by atoms with Crippen LogP contribution in [0.4, 0.5) is 0 Å². The quantitative estimate of drug-likeness (QED) is 0.574. The highest BCUT2D eigenvalue weighted by atomic mass is 16.3. The van der Waals surface area contributed by atoms with Gasteiger partial charge in [0.05, 0.1) is 5.92 Å². The average molecular weight is 366 g/mol. The van der Waals surface area contributed by atoms with Crippen LogP contribution in [0.25, 0.3) is 0 Å². The van der Waals surface area contributed by atoms with E-state index < -0.39 is 34.6 Å². The second-order valence-electron chi connectivity index (χ2n) is 8.75. The van der Waals surface area contributed by atoms with E-state index in [2.05, 4.69) is 0 Å². The second kappa shape index (κ2) is 8.94. The molecule has 148 valence electrons. The maximum atomic E-state index is 12.9. The first kappa shape index (κ1) is 22.6. The van der Waals surface area contributed by atoms with Crippen molar-refractivity contribution in [3.8, 4) is 0 Å². The first-order valence-corrected chi connectivity index (χ1v) is 9.69. The molecule has 1 aliphatic rings. The molecule has 0 amide bonds. The van der Waals surface area contributed by atoms with E-state index in [1.807, 2.05) is 41.5 Å². The summed E-state index contributed by atoms with van der Waals surface area (Å²) in [5, 5.41) is 21.7. The Labute approximate surface area is 156 Å². The van der Waals surface area contributed by atoms with Crippen LogP contribution in [0.15, 0.2) is 11.3 Å². The molecule has 0 aromatic rings. The molecule has 0 saturated carbocycles. The fraction of sp³-hybridized carbons (Fsp3) is 0.762. The van der Waals surface area contributed by atoms with Gasteiger partial charge in [-0.05, 0) is 30.6 Å². The lowest BCUT2D eigenvalue weighted by molar-refractivity contribution is -0.145. The average Bonchev–Trinajstić information content (AvgIpc) is 2.69. The highest BCUT2D eigenvalue weighted by molar-refractivity contribution is 6.25. The SMILES string of the molecule is CC(C)CCC(=O)[C@]1(O)C(O)=C(C(=O)CC(C)C)C(=O)C1CCC(C)C. The second-order valence-corrected chi connectivity index (χ2v) is 8.75. The van der Waals surface area contributed by atoms with Crippen LogP contribution in [-0.4, -0.2) is 33.2 Å². The fourth-order valence-corrected chi connectivity index (χ4v) is 3.36. The molecule has 0 aromatic heterocycles. The Hall–Kier alpha value is -1.49. The van der Waals surface area contributed by atoms with E-state index in [0.29, 0.717) is 12.8 Å². The lowest BCUT2D eigenvalue weighted by Gasteiger charge is -2.28. The normalized spacial score (nSPS) is 23.6. The molecule has 0 bridgehead atoms. The molecule has 26 heavy (non-hydrogen) atoms. The minimum atomic E-state index is -2.26. The summed E-state index contributed by atoms with van der Waals surface area (Å²) in [6, 6.07) is 0. The van der Waals surface area contributed by atoms with Crippen LogP contribution in [0.3, 0.4) is 0 Å². The maximum Gasteiger partial charge on any atom is 0.190 e. The van der Waals surface area contributed by atoms with Gasteiger partial charge in [-0.2, -0.15) is 0 Å². The molecule has 2 atom stereocenters. The lowest BCUT2D eigenvalue weighted by atomic mass is 9.79. The standard InChI is InChI=1S/C21H34O5/c1-12(2)7-9-15-19(24)18(16(22)11-14(5)6)20(25)21(15,26)17(23)10-8-13(3)4/h12-15,25-26H,7-11H2,1-6H3/t15?,21-/m0/s1. The van der Waals surface area contributed by atoms with Crippen LogP contribution in [0.5, 0.6) is 0 Å². The zero-order valence-corrected chi connectivity index (χ0v) is 17.0. The first-order chi connectivity index (χ1) is 11.9. The number of allylic oxidation sites excluding steroid dienone is 1. The molecule has 1 unspecified atom stereocenters. The van der Waals surface area contributed by atoms with Crippen molar-refractivity contribution in [2.75, 3.05) is 0 Å². The van der Waals surface area contributed by atoms with Gasteiger partial charge in [-0.25, -0.2) is 0 Å². The Morgan fingerprint density at radius 1 is 1.00 bits per heavy atom. The molecule has 5 heteroatoms. The smallest absolute Gasteiger partial charge is 0.190 e. The molecule has 1 rings (SSSR count). The number of carbonyl (C=O) groups excluding carboxylic acids is 3. The molecule has 0 saturated heterocycles. The molecule has 0 aliphatic heterocycles. The molecule has 0 aromatic carbocycles. The third-order valence-electron chi connectivity index (χ3n) is 4.94. The predicted molar refractivity (Wildman–Crippen MR) is 101 cm³/mol. The van der Waals surface area contributed by atoms with E-state index in [1.54, 1.807) is 0 Å². The Kier molecular flexibility index (Phi) is 7.75. The van der Waals surface area contributed by atoms with Gasteiger partial charge in [0.15, 0.2) is 23.0 Å². The van der Waals surface area contributed by atoms with Gasteiger partial charge in [-0.15, -0.1) is 0 Å². The number of hydrogen-bond donors (Lipinski definition) is 2. The number of aliphatic hydroxyl groups is 2. The van der Waals surface area contributed by atoms with E-state index >= 15 is 0 Å². The van der Waals surface area contributed by atoms with Gasteiger partial charge in [0.2, 0.25) is 0 Å². The largest absolute Gasteiger partial charge is 0.508 e. The number of carbonyl (C=O) groups is 3. The van der Waals surface area contributed by atoms with Crippen molar-refractivity contribution >= 4 is 17.3 Å². The van der Waals surface area contributed by atoms with Crippen molar-refractivity contribution in [1.82, 2.24) is 0 Å². The van der Waals surface area contributed by atoms with E-state index in [4.69, 9.17) is 0 Å². The summed E-state index contributed by atoms with van der Waals surface area (Å²) in [6.45, 7) is 11.6. The summed E-state index contributed by atoms with van der Waals surface area (Å²) in [6.07, 6.45) is 1.60. The molecule has 0 radical (unpaired) electrons. The first-order valence-electron chi connectivity index (χ1n) is 9.69. The van der Waals surface area contributed by atoms with Gasteiger partial charge in [-0.3, -0.25) is 14.4 Å². The van der Waals surface area contributed by atoms with Crippen molar-refractivity contribution in [2.45, 2.75) is 79.2 Å². The van der Waals surface area contributed by atoms with E-state index in [1.165, 1.54) is 0 Å². The fourth-order valence-electron chi connectivity index (χ4n) is 3.36. The zero-order valence-electron chi connectivity index (χ0n) is 17.0. The summed E-state index contributed by atoms with van der Waals surface area (Å²) in [4.78, 5) is 38.1. The third kappa shape index (κ3) is 4.81. The number of hydrogen-bond acceptors (Lipinski definition) is 5. The molecular weight excluding hydrogens is 332 g/mol. The number of rotatable bonds is 10. The topological polar surface area (TPSA) is 91.7 Å². The van der Waals surface area contributed by atoms with Gasteiger partial charge < -0.3 is 10.2 Å². The van der Waals surface area contributed by atoms with Crippen LogP contribution in [0.2, 0.25) is 0 Å². The van der Waals surface area contributed by atoms with Crippen LogP contribution in [0.1, 0.15) is 73.6 Å². The van der Waals surface area contributed by atoms with Gasteiger partial charge in [-0.1, -0.05) is 48.0 Å². The zero-order chi connectivity index (χ0) is 20.2. The molecular formula is C21H34O5. The Balaban J connectivity index is 3.27. The Bertz CT molecular complexity index is 585. The van der Waals surface area contributed by atoms with Gasteiger partial charge in [0.25, 0.3) is 0 Å². The Morgan fingerprint density at radius 2 is 1.54 bits per heavy atom. The lowest BCUT2D eigenvalue weighted by Crippen LogP contribution is -2.47. The van der Waals surface area contributed by atoms with Crippen LogP contribution >= 0.6 is 0 Å². The Morgan fingerprint density at radius 3 is 2.00 bits per heavy atom. The summed E-state index contributed by atoms with van der Waals surface area (Å²) in [5.41, 5.74) is -2.63. The highest BCUT2D eigenvalue weighted by Gasteiger charge is 2.58. The summed E-state index contributed by atoms with van der Waals surface area (Å²) >= 11 is 0. The van der Waals surface area contributed by atoms with Crippen LogP contribution in [-0.2, 0) is 14.4 Å². The summed E-state index contributed by atoms with van der Waals surface area (Å²) < 4.78 is 0. The molecule has 0 heterocycles. The minimum Gasteiger partial charge on any atom is -0.508 e. The predicted octanol–water partition coefficient (Wildman–Crippen LogP) is 3.79. The van der Waals surface area contributed by atoms with Gasteiger partial charge >= 0.3 is 0 Å². The molecule has 0 spiro atoms. The summed E-state index contributed by atoms with van der Waals surface area (Å²) in [7, 11) is 0. The van der Waals surface area contributed by atoms with Crippen molar-refractivity contribution in [2.24, 2.45) is 23.7 Å². The van der Waals surface area contributed by atoms with Gasteiger partial charge in [0, 0.05) is 12.8 Å². The number of Topliss-reactive ketones (excluding diaryl/α,β-unsaturated/α-hetero) is 3. The molecule has 2 N–H and O–H groups in total. The van der Waals surface area contributed by atoms with Crippen LogP contribution in [0, 0.1) is 23.7 Å². The van der Waals surface area contributed by atoms with E-state index in [9.17, 15) is 24.6 Å². The van der Waals surface area contributed by atoms with Crippen molar-refractivity contribution < 1.29 is 24.6 Å². The summed E-state index contributed by atoms with van der Waals surface area (Å²) in [5.74, 6) is -2.92. The van der Waals surface area contributed by atoms with E-state index in [-0.39, 0.29) is 42.6 Å². The number of ketones is 3. The van der Waals surface area contributed by atoms with Gasteiger partial charge in [0.1, 0.15) is 11.3 Å². The van der Waals surface area contributed by atoms with E-state index in [0.717, 1.165) is 0 Å². The monoisotopic (exact) mass is 366 g/mol. The number of aliphatic hydroxyl groups excluding tert-OH is 1. The maximum absolute atomic E-state index is 12.9. The third-order valence-corrected chi connectivity index (χ3v) is 4.94.